The minimum absolute atomic E-state index is 0. The number of amides is 1. The highest BCUT2D eigenvalue weighted by Gasteiger charge is 2.34. The van der Waals surface area contributed by atoms with Crippen LogP contribution >= 0.6 is 12.4 Å². The number of hydrogen-bond donors (Lipinski definition) is 2. The van der Waals surface area contributed by atoms with Crippen LogP contribution in [-0.4, -0.2) is 11.5 Å². The second-order valence-electron chi connectivity index (χ2n) is 6.53. The van der Waals surface area contributed by atoms with Gasteiger partial charge in [-0.1, -0.05) is 30.3 Å². The number of hydrogen-bond acceptors (Lipinski definition) is 3. The first-order valence-electron chi connectivity index (χ1n) is 7.86. The van der Waals surface area contributed by atoms with Crippen molar-refractivity contribution < 1.29 is 9.53 Å². The van der Waals surface area contributed by atoms with Crippen molar-refractivity contribution in [2.24, 2.45) is 5.73 Å². The van der Waals surface area contributed by atoms with E-state index < -0.39 is 0 Å². The van der Waals surface area contributed by atoms with Crippen molar-refractivity contribution in [1.82, 2.24) is 5.32 Å². The average Bonchev–Trinajstić information content (AvgIpc) is 2.54. The second kappa shape index (κ2) is 7.24. The number of nitrogens with one attached hydrogen (secondary N) is 1. The Balaban J connectivity index is 0.00000208. The van der Waals surface area contributed by atoms with Crippen molar-refractivity contribution in [2.75, 3.05) is 0 Å². The van der Waals surface area contributed by atoms with E-state index in [1.165, 1.54) is 0 Å². The van der Waals surface area contributed by atoms with Gasteiger partial charge in [0, 0.05) is 24.1 Å². The molecule has 0 bridgehead atoms. The van der Waals surface area contributed by atoms with Crippen LogP contribution in [-0.2, 0) is 6.54 Å². The van der Waals surface area contributed by atoms with Crippen molar-refractivity contribution in [3.8, 4) is 5.75 Å². The average molecular weight is 347 g/mol. The molecule has 128 valence electrons. The summed E-state index contributed by atoms with van der Waals surface area (Å²) in [5.41, 5.74) is 7.97. The maximum absolute atomic E-state index is 12.6. The predicted molar refractivity (Wildman–Crippen MR) is 97.6 cm³/mol. The molecule has 1 aliphatic rings. The highest BCUT2D eigenvalue weighted by Crippen LogP contribution is 2.39. The number of fused-ring (bicyclic) bond motifs is 1. The van der Waals surface area contributed by atoms with Crippen molar-refractivity contribution >= 4 is 18.3 Å². The first-order valence-corrected chi connectivity index (χ1v) is 7.86. The van der Waals surface area contributed by atoms with Crippen LogP contribution in [0.15, 0.2) is 48.5 Å². The summed E-state index contributed by atoms with van der Waals surface area (Å²) in [5.74, 6) is 0.763. The lowest BCUT2D eigenvalue weighted by atomic mass is 9.89. The molecule has 0 aliphatic carbocycles. The summed E-state index contributed by atoms with van der Waals surface area (Å²) < 4.78 is 6.00. The van der Waals surface area contributed by atoms with Crippen LogP contribution in [0.4, 0.5) is 0 Å². The summed E-state index contributed by atoms with van der Waals surface area (Å²) in [6, 6.07) is 15.2. The third kappa shape index (κ3) is 3.89. The Morgan fingerprint density at radius 2 is 1.88 bits per heavy atom. The molecule has 1 aliphatic heterocycles. The summed E-state index contributed by atoms with van der Waals surface area (Å²) >= 11 is 0. The normalized spacial score (nSPS) is 17.9. The van der Waals surface area contributed by atoms with Crippen LogP contribution in [0.5, 0.6) is 5.75 Å². The number of nitrogens with two attached hydrogens (primary N) is 1. The molecule has 0 radical (unpaired) electrons. The highest BCUT2D eigenvalue weighted by atomic mass is 35.5. The topological polar surface area (TPSA) is 64.4 Å². The first-order chi connectivity index (χ1) is 11.0. The van der Waals surface area contributed by atoms with Crippen LogP contribution in [0.1, 0.15) is 47.8 Å². The molecule has 1 atom stereocenters. The van der Waals surface area contributed by atoms with Gasteiger partial charge in [-0.05, 0) is 37.6 Å². The number of ether oxygens (including phenoxy) is 1. The number of para-hydroxylation sites is 1. The summed E-state index contributed by atoms with van der Waals surface area (Å²) in [5, 5.41) is 3.13. The van der Waals surface area contributed by atoms with Crippen molar-refractivity contribution in [2.45, 2.75) is 38.5 Å². The molecule has 3 rings (SSSR count). The molecule has 2 aromatic carbocycles. The summed E-state index contributed by atoms with van der Waals surface area (Å²) in [4.78, 5) is 12.6. The van der Waals surface area contributed by atoms with E-state index in [9.17, 15) is 4.79 Å². The molecule has 24 heavy (non-hydrogen) atoms. The zero-order valence-corrected chi connectivity index (χ0v) is 14.7. The molecule has 4 nitrogen and oxygen atoms in total. The fourth-order valence-electron chi connectivity index (χ4n) is 2.96. The lowest BCUT2D eigenvalue weighted by Crippen LogP contribution is -2.41. The number of carbonyl (C=O) groups is 1. The smallest absolute Gasteiger partial charge is 0.251 e. The molecule has 0 saturated heterocycles. The van der Waals surface area contributed by atoms with E-state index in [0.717, 1.165) is 23.3 Å². The zero-order valence-electron chi connectivity index (χ0n) is 13.9. The van der Waals surface area contributed by atoms with E-state index in [4.69, 9.17) is 10.5 Å². The van der Waals surface area contributed by atoms with Crippen LogP contribution in [0.2, 0.25) is 0 Å². The Morgan fingerprint density at radius 3 is 2.54 bits per heavy atom. The number of halogens is 1. The largest absolute Gasteiger partial charge is 0.487 e. The fourth-order valence-corrected chi connectivity index (χ4v) is 2.96. The van der Waals surface area contributed by atoms with Gasteiger partial charge in [0.2, 0.25) is 0 Å². The van der Waals surface area contributed by atoms with Gasteiger partial charge in [-0.15, -0.1) is 12.4 Å². The maximum atomic E-state index is 12.6. The molecule has 0 spiro atoms. The molecular formula is C19H23ClN2O2. The van der Waals surface area contributed by atoms with Gasteiger partial charge in [-0.2, -0.15) is 0 Å². The van der Waals surface area contributed by atoms with E-state index in [1.54, 1.807) is 0 Å². The third-order valence-corrected chi connectivity index (χ3v) is 4.13. The van der Waals surface area contributed by atoms with Crippen LogP contribution in [0.3, 0.4) is 0 Å². The molecule has 2 aromatic rings. The minimum atomic E-state index is -0.310. The Hall–Kier alpha value is -2.04. The lowest BCUT2D eigenvalue weighted by molar-refractivity contribution is 0.0620. The van der Waals surface area contributed by atoms with Gasteiger partial charge in [0.25, 0.3) is 5.91 Å². The van der Waals surface area contributed by atoms with Gasteiger partial charge < -0.3 is 15.8 Å². The Morgan fingerprint density at radius 1 is 1.21 bits per heavy atom. The molecule has 1 heterocycles. The Kier molecular flexibility index (Phi) is 5.52. The predicted octanol–water partition coefficient (Wildman–Crippen LogP) is 3.60. The highest BCUT2D eigenvalue weighted by molar-refractivity contribution is 5.94. The molecule has 0 aromatic heterocycles. The van der Waals surface area contributed by atoms with Crippen LogP contribution in [0.25, 0.3) is 0 Å². The van der Waals surface area contributed by atoms with E-state index >= 15 is 0 Å². The maximum Gasteiger partial charge on any atom is 0.251 e. The Labute approximate surface area is 148 Å². The second-order valence-corrected chi connectivity index (χ2v) is 6.53. The van der Waals surface area contributed by atoms with Crippen molar-refractivity contribution in [3.05, 3.63) is 65.2 Å². The van der Waals surface area contributed by atoms with E-state index in [1.807, 2.05) is 62.4 Å². The lowest BCUT2D eigenvalue weighted by Gasteiger charge is -2.37. The number of benzene rings is 2. The van der Waals surface area contributed by atoms with E-state index in [-0.39, 0.29) is 30.0 Å². The van der Waals surface area contributed by atoms with Gasteiger partial charge in [-0.25, -0.2) is 0 Å². The van der Waals surface area contributed by atoms with Crippen LogP contribution < -0.4 is 15.8 Å². The van der Waals surface area contributed by atoms with Crippen LogP contribution in [0, 0.1) is 0 Å². The number of rotatable bonds is 3. The van der Waals surface area contributed by atoms with Crippen molar-refractivity contribution in [1.29, 1.82) is 0 Å². The summed E-state index contributed by atoms with van der Waals surface area (Å²) in [6.07, 6.45) is 0.733. The molecular weight excluding hydrogens is 324 g/mol. The minimum Gasteiger partial charge on any atom is -0.487 e. The third-order valence-electron chi connectivity index (χ3n) is 4.13. The SMILES string of the molecule is CC1(C)CC(NC(=O)c2ccc(CN)cc2)c2ccccc2O1.Cl. The molecule has 0 fully saturated rings. The molecule has 0 saturated carbocycles. The standard InChI is InChI=1S/C19H22N2O2.ClH/c1-19(2)11-16(15-5-3-4-6-17(15)23-19)21-18(22)14-9-7-13(12-20)8-10-14;/h3-10,16H,11-12,20H2,1-2H3,(H,21,22);1H. The summed E-state index contributed by atoms with van der Waals surface area (Å²) in [6.45, 7) is 4.56. The zero-order chi connectivity index (χ0) is 16.4. The van der Waals surface area contributed by atoms with Crippen molar-refractivity contribution in [3.63, 3.8) is 0 Å². The van der Waals surface area contributed by atoms with Gasteiger partial charge >= 0.3 is 0 Å². The summed E-state index contributed by atoms with van der Waals surface area (Å²) in [7, 11) is 0. The molecule has 1 unspecified atom stereocenters. The molecule has 1 amide bonds. The first kappa shape index (κ1) is 18.3. The number of carbonyl (C=O) groups excluding carboxylic acids is 1. The van der Waals surface area contributed by atoms with Gasteiger partial charge in [0.1, 0.15) is 11.4 Å². The van der Waals surface area contributed by atoms with Gasteiger partial charge in [0.05, 0.1) is 6.04 Å². The molecule has 5 heteroatoms. The fraction of sp³-hybridized carbons (Fsp3) is 0.316. The van der Waals surface area contributed by atoms with Gasteiger partial charge in [0.15, 0.2) is 0 Å². The monoisotopic (exact) mass is 346 g/mol. The molecule has 3 N–H and O–H groups in total. The Bertz CT molecular complexity index is 714. The van der Waals surface area contributed by atoms with E-state index in [0.29, 0.717) is 12.1 Å². The quantitative estimate of drug-likeness (QED) is 0.892. The van der Waals surface area contributed by atoms with E-state index in [2.05, 4.69) is 5.32 Å². The van der Waals surface area contributed by atoms with Gasteiger partial charge in [-0.3, -0.25) is 4.79 Å².